The normalized spacial score (nSPS) is 14.8. The van der Waals surface area contributed by atoms with Crippen LogP contribution >= 0.6 is 0 Å². The average Bonchev–Trinajstić information content (AvgIpc) is 1.95. The van der Waals surface area contributed by atoms with Gasteiger partial charge in [-0.3, -0.25) is 4.84 Å². The number of hydroxylamine groups is 1. The molecule has 0 aliphatic rings. The molecule has 0 aromatic rings. The van der Waals surface area contributed by atoms with Gasteiger partial charge in [0.25, 0.3) is 0 Å². The maximum Gasteiger partial charge on any atom is 0.0813 e. The van der Waals surface area contributed by atoms with Crippen LogP contribution in [0.5, 0.6) is 0 Å². The summed E-state index contributed by atoms with van der Waals surface area (Å²) >= 11 is 0. The molecule has 12 heavy (non-hydrogen) atoms. The first kappa shape index (κ1) is 11.9. The van der Waals surface area contributed by atoms with Crippen molar-refractivity contribution in [2.24, 2.45) is 0 Å². The third kappa shape index (κ3) is 7.98. The predicted molar refractivity (Wildman–Crippen MR) is 49.9 cm³/mol. The molecule has 0 fully saturated rings. The molecule has 3 nitrogen and oxygen atoms in total. The van der Waals surface area contributed by atoms with E-state index in [1.807, 2.05) is 34.6 Å². The highest BCUT2D eigenvalue weighted by Crippen LogP contribution is 2.04. The zero-order valence-corrected chi connectivity index (χ0v) is 8.81. The van der Waals surface area contributed by atoms with Gasteiger partial charge in [-0.1, -0.05) is 0 Å². The first-order valence-electron chi connectivity index (χ1n) is 4.47. The summed E-state index contributed by atoms with van der Waals surface area (Å²) in [6, 6.07) is 0.240. The summed E-state index contributed by atoms with van der Waals surface area (Å²) in [7, 11) is 0. The molecule has 0 saturated heterocycles. The Kier molecular flexibility index (Phi) is 5.46. The van der Waals surface area contributed by atoms with Crippen molar-refractivity contribution in [3.8, 4) is 0 Å². The van der Waals surface area contributed by atoms with Crippen molar-refractivity contribution in [2.45, 2.75) is 46.3 Å². The third-order valence-electron chi connectivity index (χ3n) is 1.14. The molecule has 0 amide bonds. The fraction of sp³-hybridized carbons (Fsp3) is 1.00. The van der Waals surface area contributed by atoms with Crippen molar-refractivity contribution in [3.05, 3.63) is 0 Å². The summed E-state index contributed by atoms with van der Waals surface area (Å²) < 4.78 is 5.22. The molecule has 1 N–H and O–H groups in total. The van der Waals surface area contributed by atoms with Gasteiger partial charge in [-0.05, 0) is 34.6 Å². The summed E-state index contributed by atoms with van der Waals surface area (Å²) in [5, 5.41) is 0. The Morgan fingerprint density at radius 1 is 1.33 bits per heavy atom. The van der Waals surface area contributed by atoms with E-state index in [-0.39, 0.29) is 11.6 Å². The molecule has 0 aliphatic carbocycles. The molecular weight excluding hydrogens is 154 g/mol. The Labute approximate surface area is 75.4 Å². The largest absolute Gasteiger partial charge is 0.380 e. The lowest BCUT2D eigenvalue weighted by Crippen LogP contribution is -2.37. The van der Waals surface area contributed by atoms with Crippen molar-refractivity contribution >= 4 is 0 Å². The van der Waals surface area contributed by atoms with E-state index in [9.17, 15) is 0 Å². The molecule has 74 valence electrons. The maximum absolute atomic E-state index is 5.36. The highest BCUT2D eigenvalue weighted by Gasteiger charge is 2.12. The third-order valence-corrected chi connectivity index (χ3v) is 1.14. The van der Waals surface area contributed by atoms with Gasteiger partial charge in [-0.25, -0.2) is 0 Å². The first-order valence-corrected chi connectivity index (χ1v) is 4.47. The van der Waals surface area contributed by atoms with E-state index >= 15 is 0 Å². The van der Waals surface area contributed by atoms with E-state index in [0.717, 1.165) is 6.61 Å². The summed E-state index contributed by atoms with van der Waals surface area (Å²) in [6.45, 7) is 11.5. The minimum atomic E-state index is -0.138. The van der Waals surface area contributed by atoms with Crippen LogP contribution in [0.25, 0.3) is 0 Å². The van der Waals surface area contributed by atoms with Crippen LogP contribution in [0.2, 0.25) is 0 Å². The molecule has 1 unspecified atom stereocenters. The van der Waals surface area contributed by atoms with Crippen LogP contribution in [0.4, 0.5) is 0 Å². The Morgan fingerprint density at radius 3 is 2.33 bits per heavy atom. The number of ether oxygens (including phenoxy) is 1. The monoisotopic (exact) mass is 175 g/mol. The van der Waals surface area contributed by atoms with Crippen LogP contribution in [-0.2, 0) is 9.57 Å². The van der Waals surface area contributed by atoms with Gasteiger partial charge in [0.05, 0.1) is 18.2 Å². The Hall–Kier alpha value is -0.120. The van der Waals surface area contributed by atoms with E-state index in [1.165, 1.54) is 0 Å². The van der Waals surface area contributed by atoms with E-state index in [4.69, 9.17) is 9.57 Å². The average molecular weight is 175 g/mol. The van der Waals surface area contributed by atoms with Crippen molar-refractivity contribution in [2.75, 3.05) is 13.2 Å². The van der Waals surface area contributed by atoms with E-state index in [2.05, 4.69) is 5.48 Å². The second kappa shape index (κ2) is 5.51. The fourth-order valence-electron chi connectivity index (χ4n) is 0.606. The summed E-state index contributed by atoms with van der Waals surface area (Å²) in [4.78, 5) is 5.36. The lowest BCUT2D eigenvalue weighted by molar-refractivity contribution is -0.0951. The standard InChI is InChI=1S/C9H21NO2/c1-6-11-7-8(2)10-12-9(3,4)5/h8,10H,6-7H2,1-5H3. The van der Waals surface area contributed by atoms with Crippen molar-refractivity contribution in [1.82, 2.24) is 5.48 Å². The smallest absolute Gasteiger partial charge is 0.0813 e. The molecule has 0 spiro atoms. The molecule has 0 rings (SSSR count). The molecule has 1 atom stereocenters. The van der Waals surface area contributed by atoms with E-state index in [0.29, 0.717) is 6.61 Å². The van der Waals surface area contributed by atoms with Crippen molar-refractivity contribution in [1.29, 1.82) is 0 Å². The quantitative estimate of drug-likeness (QED) is 0.645. The molecule has 0 saturated carbocycles. The molecule has 0 aromatic heterocycles. The van der Waals surface area contributed by atoms with Gasteiger partial charge in [0.2, 0.25) is 0 Å². The molecule has 0 bridgehead atoms. The van der Waals surface area contributed by atoms with Gasteiger partial charge in [0, 0.05) is 6.61 Å². The van der Waals surface area contributed by atoms with E-state index in [1.54, 1.807) is 0 Å². The summed E-state index contributed by atoms with van der Waals surface area (Å²) in [5.74, 6) is 0. The van der Waals surface area contributed by atoms with Crippen LogP contribution in [0.1, 0.15) is 34.6 Å². The molecule has 0 aliphatic heterocycles. The summed E-state index contributed by atoms with van der Waals surface area (Å²) in [6.07, 6.45) is 0. The first-order chi connectivity index (χ1) is 5.45. The number of rotatable bonds is 5. The van der Waals surface area contributed by atoms with Gasteiger partial charge in [0.15, 0.2) is 0 Å². The minimum Gasteiger partial charge on any atom is -0.380 e. The molecule has 3 heteroatoms. The zero-order valence-electron chi connectivity index (χ0n) is 8.81. The Bertz CT molecular complexity index is 110. The van der Waals surface area contributed by atoms with Crippen LogP contribution < -0.4 is 5.48 Å². The molecule has 0 heterocycles. The molecular formula is C9H21NO2. The topological polar surface area (TPSA) is 30.5 Å². The zero-order chi connectivity index (χ0) is 9.61. The fourth-order valence-corrected chi connectivity index (χ4v) is 0.606. The Morgan fingerprint density at radius 2 is 1.92 bits per heavy atom. The van der Waals surface area contributed by atoms with Crippen molar-refractivity contribution < 1.29 is 9.57 Å². The van der Waals surface area contributed by atoms with Gasteiger partial charge < -0.3 is 4.74 Å². The number of nitrogens with one attached hydrogen (secondary N) is 1. The van der Waals surface area contributed by atoms with Crippen LogP contribution in [0.15, 0.2) is 0 Å². The minimum absolute atomic E-state index is 0.138. The second-order valence-corrected chi connectivity index (χ2v) is 3.89. The maximum atomic E-state index is 5.36. The van der Waals surface area contributed by atoms with Gasteiger partial charge >= 0.3 is 0 Å². The number of hydrogen-bond donors (Lipinski definition) is 1. The highest BCUT2D eigenvalue weighted by molar-refractivity contribution is 4.59. The van der Waals surface area contributed by atoms with Crippen LogP contribution in [0, 0.1) is 0 Å². The van der Waals surface area contributed by atoms with Crippen molar-refractivity contribution in [3.63, 3.8) is 0 Å². The van der Waals surface area contributed by atoms with Gasteiger partial charge in [-0.15, -0.1) is 0 Å². The lowest BCUT2D eigenvalue weighted by Gasteiger charge is -2.22. The lowest BCUT2D eigenvalue weighted by atomic mass is 10.2. The second-order valence-electron chi connectivity index (χ2n) is 3.89. The number of hydrogen-bond acceptors (Lipinski definition) is 3. The van der Waals surface area contributed by atoms with Crippen LogP contribution in [0.3, 0.4) is 0 Å². The van der Waals surface area contributed by atoms with E-state index < -0.39 is 0 Å². The van der Waals surface area contributed by atoms with Gasteiger partial charge in [-0.2, -0.15) is 5.48 Å². The molecule has 0 radical (unpaired) electrons. The SMILES string of the molecule is CCOCC(C)NOC(C)(C)C. The summed E-state index contributed by atoms with van der Waals surface area (Å²) in [5.41, 5.74) is 2.79. The highest BCUT2D eigenvalue weighted by atomic mass is 16.7. The molecule has 0 aromatic carbocycles. The Balaban J connectivity index is 3.37. The van der Waals surface area contributed by atoms with Gasteiger partial charge in [0.1, 0.15) is 0 Å². The van der Waals surface area contributed by atoms with Crippen LogP contribution in [-0.4, -0.2) is 24.9 Å². The predicted octanol–water partition coefficient (Wildman–Crippen LogP) is 1.73.